The van der Waals surface area contributed by atoms with Crippen LogP contribution in [-0.4, -0.2) is 24.0 Å². The molecule has 1 aromatic heterocycles. The molecule has 0 aliphatic carbocycles. The zero-order valence-corrected chi connectivity index (χ0v) is 16.0. The highest BCUT2D eigenvalue weighted by molar-refractivity contribution is 7.09. The van der Waals surface area contributed by atoms with Gasteiger partial charge in [0.15, 0.2) is 11.5 Å². The number of methoxy groups -OCH3 is 1. The molecule has 6 nitrogen and oxygen atoms in total. The van der Waals surface area contributed by atoms with Crippen molar-refractivity contribution in [3.8, 4) is 17.6 Å². The van der Waals surface area contributed by atoms with Crippen molar-refractivity contribution < 1.29 is 14.3 Å². The number of hydrogen-bond donors (Lipinski definition) is 1. The first-order chi connectivity index (χ1) is 12.4. The van der Waals surface area contributed by atoms with Crippen molar-refractivity contribution in [1.82, 2.24) is 10.3 Å². The number of rotatable bonds is 7. The van der Waals surface area contributed by atoms with Gasteiger partial charge in [0.2, 0.25) is 0 Å². The Morgan fingerprint density at radius 2 is 2.19 bits per heavy atom. The Hall–Kier alpha value is -2.85. The van der Waals surface area contributed by atoms with Crippen LogP contribution in [-0.2, 0) is 11.4 Å². The number of aryl methyl sites for hydroxylation is 1. The van der Waals surface area contributed by atoms with Crippen molar-refractivity contribution >= 4 is 23.3 Å². The maximum absolute atomic E-state index is 12.0. The van der Waals surface area contributed by atoms with Crippen molar-refractivity contribution in [1.29, 1.82) is 5.26 Å². The summed E-state index contributed by atoms with van der Waals surface area (Å²) in [4.78, 5) is 16.4. The van der Waals surface area contributed by atoms with Crippen molar-refractivity contribution in [3.05, 3.63) is 45.4 Å². The fourth-order valence-corrected chi connectivity index (χ4v) is 2.77. The van der Waals surface area contributed by atoms with E-state index in [0.717, 1.165) is 10.7 Å². The standard InChI is InChI=1S/C19H21N3O3S/c1-12(2)21-19(23)15(9-20)7-14-5-6-17(18(8-14)24-4)25-10-16-11-26-13(3)22-16/h5-8,11-12H,10H2,1-4H3,(H,21,23)/b15-7+. The van der Waals surface area contributed by atoms with Gasteiger partial charge in [0.1, 0.15) is 18.2 Å². The van der Waals surface area contributed by atoms with Gasteiger partial charge in [-0.05, 0) is 44.5 Å². The van der Waals surface area contributed by atoms with E-state index < -0.39 is 5.91 Å². The molecule has 0 atom stereocenters. The van der Waals surface area contributed by atoms with Gasteiger partial charge in [0.25, 0.3) is 5.91 Å². The van der Waals surface area contributed by atoms with E-state index in [1.165, 1.54) is 6.08 Å². The van der Waals surface area contributed by atoms with Crippen molar-refractivity contribution in [2.75, 3.05) is 7.11 Å². The summed E-state index contributed by atoms with van der Waals surface area (Å²) in [5, 5.41) is 14.9. The summed E-state index contributed by atoms with van der Waals surface area (Å²) in [6, 6.07) is 7.13. The number of benzene rings is 1. The van der Waals surface area contributed by atoms with Crippen LogP contribution in [0, 0.1) is 18.3 Å². The number of carbonyl (C=O) groups excluding carboxylic acids is 1. The molecule has 0 fully saturated rings. The molecule has 1 N–H and O–H groups in total. The molecular weight excluding hydrogens is 350 g/mol. The molecule has 0 saturated carbocycles. The molecule has 7 heteroatoms. The molecule has 2 aromatic rings. The van der Waals surface area contributed by atoms with Crippen LogP contribution in [0.1, 0.15) is 30.1 Å². The number of nitrogens with one attached hydrogen (secondary N) is 1. The fraction of sp³-hybridized carbons (Fsp3) is 0.316. The van der Waals surface area contributed by atoms with Gasteiger partial charge in [-0.25, -0.2) is 4.98 Å². The minimum Gasteiger partial charge on any atom is -0.493 e. The number of amides is 1. The van der Waals surface area contributed by atoms with E-state index in [2.05, 4.69) is 10.3 Å². The average molecular weight is 371 g/mol. The monoisotopic (exact) mass is 371 g/mol. The SMILES string of the molecule is COc1cc(/C=C(\C#N)C(=O)NC(C)C)ccc1OCc1csc(C)n1. The molecule has 2 rings (SSSR count). The van der Waals surface area contributed by atoms with Crippen LogP contribution in [0.3, 0.4) is 0 Å². The number of nitrogens with zero attached hydrogens (tertiary/aromatic N) is 2. The molecular formula is C19H21N3O3S. The topological polar surface area (TPSA) is 84.2 Å². The minimum absolute atomic E-state index is 0.0346. The van der Waals surface area contributed by atoms with E-state index in [1.54, 1.807) is 36.6 Å². The second-order valence-electron chi connectivity index (χ2n) is 5.85. The molecule has 0 radical (unpaired) electrons. The van der Waals surface area contributed by atoms with E-state index in [-0.39, 0.29) is 11.6 Å². The minimum atomic E-state index is -0.402. The first-order valence-electron chi connectivity index (χ1n) is 8.07. The van der Waals surface area contributed by atoms with Crippen LogP contribution < -0.4 is 14.8 Å². The molecule has 0 bridgehead atoms. The summed E-state index contributed by atoms with van der Waals surface area (Å²) in [6.45, 7) is 5.96. The lowest BCUT2D eigenvalue weighted by atomic mass is 10.1. The second-order valence-corrected chi connectivity index (χ2v) is 6.92. The summed E-state index contributed by atoms with van der Waals surface area (Å²) in [7, 11) is 1.54. The first-order valence-corrected chi connectivity index (χ1v) is 8.95. The Morgan fingerprint density at radius 1 is 1.42 bits per heavy atom. The maximum Gasteiger partial charge on any atom is 0.262 e. The van der Waals surface area contributed by atoms with Gasteiger partial charge in [-0.2, -0.15) is 5.26 Å². The lowest BCUT2D eigenvalue weighted by Gasteiger charge is -2.11. The molecule has 0 aliphatic heterocycles. The molecule has 1 aromatic carbocycles. The van der Waals surface area contributed by atoms with Crippen LogP contribution in [0.4, 0.5) is 0 Å². The molecule has 136 valence electrons. The molecule has 0 aliphatic rings. The Bertz CT molecular complexity index is 850. The lowest BCUT2D eigenvalue weighted by molar-refractivity contribution is -0.117. The van der Waals surface area contributed by atoms with Gasteiger partial charge in [-0.15, -0.1) is 11.3 Å². The summed E-state index contributed by atoms with van der Waals surface area (Å²) < 4.78 is 11.1. The van der Waals surface area contributed by atoms with E-state index in [1.807, 2.05) is 32.2 Å². The Morgan fingerprint density at radius 3 is 2.77 bits per heavy atom. The van der Waals surface area contributed by atoms with Crippen molar-refractivity contribution in [2.24, 2.45) is 0 Å². The number of carbonyl (C=O) groups is 1. The number of aromatic nitrogens is 1. The van der Waals surface area contributed by atoms with E-state index in [9.17, 15) is 10.1 Å². The molecule has 0 unspecified atom stereocenters. The van der Waals surface area contributed by atoms with Gasteiger partial charge in [0.05, 0.1) is 17.8 Å². The van der Waals surface area contributed by atoms with E-state index in [0.29, 0.717) is 23.7 Å². The van der Waals surface area contributed by atoms with Crippen LogP contribution in [0.15, 0.2) is 29.2 Å². The maximum atomic E-state index is 12.0. The summed E-state index contributed by atoms with van der Waals surface area (Å²) in [5.41, 5.74) is 1.57. The first kappa shape index (κ1) is 19.5. The van der Waals surface area contributed by atoms with E-state index in [4.69, 9.17) is 9.47 Å². The third-order valence-corrected chi connectivity index (χ3v) is 4.15. The third kappa shape index (κ3) is 5.33. The molecule has 1 heterocycles. The zero-order chi connectivity index (χ0) is 19.1. The third-order valence-electron chi connectivity index (χ3n) is 3.33. The molecule has 0 saturated heterocycles. The zero-order valence-electron chi connectivity index (χ0n) is 15.2. The van der Waals surface area contributed by atoms with Gasteiger partial charge in [-0.3, -0.25) is 4.79 Å². The molecule has 1 amide bonds. The molecule has 26 heavy (non-hydrogen) atoms. The summed E-state index contributed by atoms with van der Waals surface area (Å²) >= 11 is 1.57. The Balaban J connectivity index is 2.17. The lowest BCUT2D eigenvalue weighted by Crippen LogP contribution is -2.30. The Kier molecular flexibility index (Phi) is 6.75. The number of ether oxygens (including phenoxy) is 2. The van der Waals surface area contributed by atoms with Crippen molar-refractivity contribution in [2.45, 2.75) is 33.4 Å². The van der Waals surface area contributed by atoms with Gasteiger partial charge in [-0.1, -0.05) is 6.07 Å². The number of nitriles is 1. The second kappa shape index (κ2) is 9.02. The predicted molar refractivity (Wildman–Crippen MR) is 101 cm³/mol. The van der Waals surface area contributed by atoms with Gasteiger partial charge >= 0.3 is 0 Å². The van der Waals surface area contributed by atoms with Crippen LogP contribution in [0.25, 0.3) is 6.08 Å². The normalized spacial score (nSPS) is 11.2. The number of thiazole rings is 1. The molecule has 0 spiro atoms. The van der Waals surface area contributed by atoms with Crippen LogP contribution in [0.2, 0.25) is 0 Å². The number of hydrogen-bond acceptors (Lipinski definition) is 6. The fourth-order valence-electron chi connectivity index (χ4n) is 2.17. The van der Waals surface area contributed by atoms with Gasteiger partial charge < -0.3 is 14.8 Å². The highest BCUT2D eigenvalue weighted by atomic mass is 32.1. The quantitative estimate of drug-likeness (QED) is 0.595. The van der Waals surface area contributed by atoms with Crippen molar-refractivity contribution in [3.63, 3.8) is 0 Å². The summed E-state index contributed by atoms with van der Waals surface area (Å²) in [5.74, 6) is 0.688. The van der Waals surface area contributed by atoms with Crippen LogP contribution >= 0.6 is 11.3 Å². The Labute approximate surface area is 157 Å². The highest BCUT2D eigenvalue weighted by Crippen LogP contribution is 2.29. The largest absolute Gasteiger partial charge is 0.493 e. The highest BCUT2D eigenvalue weighted by Gasteiger charge is 2.12. The van der Waals surface area contributed by atoms with Crippen LogP contribution in [0.5, 0.6) is 11.5 Å². The predicted octanol–water partition coefficient (Wildman–Crippen LogP) is 3.47. The van der Waals surface area contributed by atoms with Gasteiger partial charge in [0, 0.05) is 11.4 Å². The van der Waals surface area contributed by atoms with E-state index >= 15 is 0 Å². The average Bonchev–Trinajstić information content (AvgIpc) is 3.02. The smallest absolute Gasteiger partial charge is 0.262 e. The summed E-state index contributed by atoms with van der Waals surface area (Å²) in [6.07, 6.45) is 1.52.